The van der Waals surface area contributed by atoms with E-state index in [4.69, 9.17) is 14.5 Å². The summed E-state index contributed by atoms with van der Waals surface area (Å²) in [7, 11) is 3.17. The number of nitro groups is 1. The maximum absolute atomic E-state index is 11.0. The van der Waals surface area contributed by atoms with Gasteiger partial charge in [0.15, 0.2) is 11.5 Å². The lowest BCUT2D eigenvalue weighted by molar-refractivity contribution is -0.384. The molecule has 0 amide bonds. The van der Waals surface area contributed by atoms with Gasteiger partial charge in [-0.25, -0.2) is 4.98 Å². The number of ether oxygens (including phenoxy) is 2. The molecule has 0 aliphatic carbocycles. The predicted molar refractivity (Wildman–Crippen MR) is 130 cm³/mol. The molecule has 0 atom stereocenters. The van der Waals surface area contributed by atoms with Crippen LogP contribution in [0.3, 0.4) is 0 Å². The van der Waals surface area contributed by atoms with E-state index in [1.54, 1.807) is 32.6 Å². The number of benzene rings is 3. The second-order valence-electron chi connectivity index (χ2n) is 6.85. The fraction of sp³-hybridized carbons (Fsp3) is 0.0833. The number of anilines is 1. The number of nitrogens with one attached hydrogen (secondary N) is 1. The summed E-state index contributed by atoms with van der Waals surface area (Å²) in [4.78, 5) is 16.2. The molecule has 0 saturated heterocycles. The molecule has 4 rings (SSSR count). The zero-order valence-electron chi connectivity index (χ0n) is 17.9. The van der Waals surface area contributed by atoms with Crippen LogP contribution in [0, 0.1) is 10.1 Å². The first kappa shape index (κ1) is 22.0. The van der Waals surface area contributed by atoms with Gasteiger partial charge in [-0.2, -0.15) is 5.10 Å². The molecular formula is C24H20N4O4S. The summed E-state index contributed by atoms with van der Waals surface area (Å²) in [6.07, 6.45) is 1.66. The summed E-state index contributed by atoms with van der Waals surface area (Å²) in [6.45, 7) is 0. The molecule has 0 saturated carbocycles. The second-order valence-corrected chi connectivity index (χ2v) is 7.85. The summed E-state index contributed by atoms with van der Waals surface area (Å²) in [5, 5.41) is 15.9. The number of methoxy groups -OCH3 is 2. The summed E-state index contributed by atoms with van der Waals surface area (Å²) in [5.74, 6) is 1.25. The van der Waals surface area contributed by atoms with Crippen LogP contribution >= 0.6 is 11.3 Å². The Kier molecular flexibility index (Phi) is 6.61. The molecule has 33 heavy (non-hydrogen) atoms. The van der Waals surface area contributed by atoms with E-state index in [2.05, 4.69) is 10.5 Å². The molecular weight excluding hydrogens is 440 g/mol. The molecule has 0 radical (unpaired) electrons. The molecule has 1 heterocycles. The average Bonchev–Trinajstić information content (AvgIpc) is 3.28. The fourth-order valence-electron chi connectivity index (χ4n) is 3.18. The molecule has 3 aromatic carbocycles. The van der Waals surface area contributed by atoms with Crippen LogP contribution in [-0.4, -0.2) is 30.3 Å². The standard InChI is InChI=1S/C24H20N4O4S/c1-31-20-13-8-16(14-21(20)32-2)15-25-27-24-26-22(17-6-4-3-5-7-17)23(33-24)18-9-11-19(12-10-18)28(29)30/h3-15H,1-2H3,(H,26,27)/b25-15-. The third-order valence-corrected chi connectivity index (χ3v) is 5.81. The zero-order chi connectivity index (χ0) is 23.2. The van der Waals surface area contributed by atoms with Crippen molar-refractivity contribution in [2.24, 2.45) is 5.10 Å². The van der Waals surface area contributed by atoms with Crippen molar-refractivity contribution in [3.8, 4) is 33.2 Å². The Bertz CT molecular complexity index is 1290. The highest BCUT2D eigenvalue weighted by atomic mass is 32.1. The van der Waals surface area contributed by atoms with Gasteiger partial charge in [0.25, 0.3) is 5.69 Å². The van der Waals surface area contributed by atoms with Crippen molar-refractivity contribution in [3.63, 3.8) is 0 Å². The number of hydrogen-bond acceptors (Lipinski definition) is 8. The molecule has 9 heteroatoms. The van der Waals surface area contributed by atoms with Gasteiger partial charge in [0.1, 0.15) is 0 Å². The van der Waals surface area contributed by atoms with Crippen LogP contribution in [0.1, 0.15) is 5.56 Å². The second kappa shape index (κ2) is 9.92. The van der Waals surface area contributed by atoms with Gasteiger partial charge in [0.05, 0.1) is 35.9 Å². The fourth-order valence-corrected chi connectivity index (χ4v) is 4.13. The van der Waals surface area contributed by atoms with Gasteiger partial charge in [0, 0.05) is 17.7 Å². The van der Waals surface area contributed by atoms with Gasteiger partial charge < -0.3 is 9.47 Å². The van der Waals surface area contributed by atoms with E-state index >= 15 is 0 Å². The Labute approximate surface area is 194 Å². The molecule has 0 bridgehead atoms. The van der Waals surface area contributed by atoms with E-state index < -0.39 is 4.92 Å². The minimum atomic E-state index is -0.412. The van der Waals surface area contributed by atoms with E-state index in [-0.39, 0.29) is 5.69 Å². The Morgan fingerprint density at radius 3 is 2.36 bits per heavy atom. The highest BCUT2D eigenvalue weighted by molar-refractivity contribution is 7.19. The maximum atomic E-state index is 11.0. The first-order chi connectivity index (χ1) is 16.1. The third kappa shape index (κ3) is 4.99. The monoisotopic (exact) mass is 460 g/mol. The van der Waals surface area contributed by atoms with Gasteiger partial charge in [-0.05, 0) is 41.5 Å². The van der Waals surface area contributed by atoms with Crippen LogP contribution in [0.2, 0.25) is 0 Å². The number of hydrazone groups is 1. The summed E-state index contributed by atoms with van der Waals surface area (Å²) in [5.41, 5.74) is 6.42. The Morgan fingerprint density at radius 1 is 0.970 bits per heavy atom. The molecule has 0 unspecified atom stereocenters. The van der Waals surface area contributed by atoms with Gasteiger partial charge in [-0.3, -0.25) is 15.5 Å². The Balaban J connectivity index is 1.63. The lowest BCUT2D eigenvalue weighted by atomic mass is 10.1. The largest absolute Gasteiger partial charge is 0.493 e. The van der Waals surface area contributed by atoms with Crippen LogP contribution < -0.4 is 14.9 Å². The smallest absolute Gasteiger partial charge is 0.269 e. The van der Waals surface area contributed by atoms with Crippen molar-refractivity contribution < 1.29 is 14.4 Å². The third-order valence-electron chi connectivity index (χ3n) is 4.80. The average molecular weight is 461 g/mol. The lowest BCUT2D eigenvalue weighted by Gasteiger charge is -2.07. The normalized spacial score (nSPS) is 10.8. The molecule has 1 aromatic heterocycles. The van der Waals surface area contributed by atoms with Crippen molar-refractivity contribution in [1.82, 2.24) is 4.98 Å². The number of thiazole rings is 1. The molecule has 1 N–H and O–H groups in total. The van der Waals surface area contributed by atoms with E-state index in [1.165, 1.54) is 23.5 Å². The number of nitrogens with zero attached hydrogens (tertiary/aromatic N) is 3. The lowest BCUT2D eigenvalue weighted by Crippen LogP contribution is -1.93. The molecule has 0 aliphatic rings. The minimum Gasteiger partial charge on any atom is -0.493 e. The molecule has 0 spiro atoms. The summed E-state index contributed by atoms with van der Waals surface area (Å²) < 4.78 is 10.6. The molecule has 4 aromatic rings. The molecule has 0 fully saturated rings. The van der Waals surface area contributed by atoms with Crippen LogP contribution in [0.5, 0.6) is 11.5 Å². The van der Waals surface area contributed by atoms with Crippen molar-refractivity contribution >= 4 is 28.4 Å². The molecule has 0 aliphatic heterocycles. The van der Waals surface area contributed by atoms with Crippen molar-refractivity contribution in [2.45, 2.75) is 0 Å². The number of hydrogen-bond donors (Lipinski definition) is 1. The first-order valence-corrected chi connectivity index (χ1v) is 10.7. The minimum absolute atomic E-state index is 0.0439. The number of rotatable bonds is 8. The summed E-state index contributed by atoms with van der Waals surface area (Å²) >= 11 is 1.42. The van der Waals surface area contributed by atoms with E-state index in [1.807, 2.05) is 48.5 Å². The number of non-ortho nitro benzene ring substituents is 1. The highest BCUT2D eigenvalue weighted by Gasteiger charge is 2.16. The summed E-state index contributed by atoms with van der Waals surface area (Å²) in [6, 6.07) is 21.7. The van der Waals surface area contributed by atoms with Gasteiger partial charge in [0.2, 0.25) is 5.13 Å². The van der Waals surface area contributed by atoms with Crippen LogP contribution in [0.15, 0.2) is 77.9 Å². The van der Waals surface area contributed by atoms with Gasteiger partial charge in [-0.15, -0.1) is 0 Å². The first-order valence-electron chi connectivity index (χ1n) is 9.91. The van der Waals surface area contributed by atoms with Crippen LogP contribution in [-0.2, 0) is 0 Å². The van der Waals surface area contributed by atoms with E-state index in [0.29, 0.717) is 16.6 Å². The number of aromatic nitrogens is 1. The quantitative estimate of drug-likeness (QED) is 0.201. The molecule has 166 valence electrons. The zero-order valence-corrected chi connectivity index (χ0v) is 18.7. The number of nitro benzene ring substituents is 1. The molecule has 8 nitrogen and oxygen atoms in total. The van der Waals surface area contributed by atoms with Gasteiger partial charge >= 0.3 is 0 Å². The van der Waals surface area contributed by atoms with Crippen LogP contribution in [0.4, 0.5) is 10.8 Å². The maximum Gasteiger partial charge on any atom is 0.269 e. The SMILES string of the molecule is COc1ccc(/C=N\Nc2nc(-c3ccccc3)c(-c3ccc([N+](=O)[O-])cc3)s2)cc1OC. The van der Waals surface area contributed by atoms with Crippen molar-refractivity contribution in [2.75, 3.05) is 19.6 Å². The van der Waals surface area contributed by atoms with Gasteiger partial charge in [-0.1, -0.05) is 41.7 Å². The Hall–Kier alpha value is -4.24. The Morgan fingerprint density at radius 2 is 1.70 bits per heavy atom. The predicted octanol–water partition coefficient (Wildman–Crippen LogP) is 5.85. The van der Waals surface area contributed by atoms with E-state index in [9.17, 15) is 10.1 Å². The van der Waals surface area contributed by atoms with Crippen LogP contribution in [0.25, 0.3) is 21.7 Å². The topological polar surface area (TPSA) is 98.9 Å². The van der Waals surface area contributed by atoms with Crippen molar-refractivity contribution in [3.05, 3.63) is 88.5 Å². The van der Waals surface area contributed by atoms with Crippen molar-refractivity contribution in [1.29, 1.82) is 0 Å². The van der Waals surface area contributed by atoms with E-state index in [0.717, 1.165) is 27.3 Å². The highest BCUT2D eigenvalue weighted by Crippen LogP contribution is 2.39.